The number of amides is 1. The van der Waals surface area contributed by atoms with Crippen LogP contribution in [-0.4, -0.2) is 25.3 Å². The maximum absolute atomic E-state index is 12.4. The first-order valence-corrected chi connectivity index (χ1v) is 7.60. The van der Waals surface area contributed by atoms with E-state index in [0.717, 1.165) is 0 Å². The van der Waals surface area contributed by atoms with Gasteiger partial charge in [-0.2, -0.15) is 0 Å². The molecule has 0 aliphatic rings. The Morgan fingerprint density at radius 2 is 1.81 bits per heavy atom. The number of anilines is 1. The molecule has 0 heterocycles. The van der Waals surface area contributed by atoms with Gasteiger partial charge in [-0.25, -0.2) is 4.79 Å². The smallest absolute Gasteiger partial charge is 0.465 e. The molecule has 8 heteroatoms. The molecule has 26 heavy (non-hydrogen) atoms. The molecule has 138 valence electrons. The van der Waals surface area contributed by atoms with Gasteiger partial charge in [-0.3, -0.25) is 4.79 Å². The number of hydrogen-bond donors (Lipinski definition) is 1. The zero-order valence-electron chi connectivity index (χ0n) is 13.8. The molecule has 0 radical (unpaired) electrons. The van der Waals surface area contributed by atoms with Gasteiger partial charge in [0.1, 0.15) is 5.75 Å². The molecule has 0 fully saturated rings. The highest BCUT2D eigenvalue weighted by atomic mass is 19.4. The largest absolute Gasteiger partial charge is 0.573 e. The molecule has 2 aromatic rings. The minimum atomic E-state index is -4.80. The highest BCUT2D eigenvalue weighted by Crippen LogP contribution is 2.27. The van der Waals surface area contributed by atoms with E-state index in [4.69, 9.17) is 0 Å². The van der Waals surface area contributed by atoms with Crippen molar-refractivity contribution >= 4 is 17.6 Å². The summed E-state index contributed by atoms with van der Waals surface area (Å²) in [5.74, 6) is -1.28. The highest BCUT2D eigenvalue weighted by molar-refractivity contribution is 5.94. The van der Waals surface area contributed by atoms with Gasteiger partial charge in [-0.05, 0) is 36.2 Å². The maximum Gasteiger partial charge on any atom is 0.573 e. The predicted octanol–water partition coefficient (Wildman–Crippen LogP) is 3.94. The number of methoxy groups -OCH3 is 1. The Labute approximate surface area is 147 Å². The number of para-hydroxylation sites is 1. The zero-order chi connectivity index (χ0) is 19.2. The number of esters is 1. The van der Waals surface area contributed by atoms with Crippen LogP contribution in [-0.2, 0) is 16.0 Å². The van der Waals surface area contributed by atoms with Crippen LogP contribution in [0.5, 0.6) is 5.75 Å². The molecule has 0 atom stereocenters. The molecule has 0 saturated heterocycles. The number of carbonyl (C=O) groups is 2. The number of carbonyl (C=O) groups excluding carboxylic acids is 2. The Kier molecular flexibility index (Phi) is 6.21. The summed E-state index contributed by atoms with van der Waals surface area (Å²) in [5.41, 5.74) is 0.926. The van der Waals surface area contributed by atoms with Crippen LogP contribution >= 0.6 is 0 Å². The third-order valence-corrected chi connectivity index (χ3v) is 3.39. The Morgan fingerprint density at radius 1 is 1.08 bits per heavy atom. The second kappa shape index (κ2) is 8.37. The summed E-state index contributed by atoms with van der Waals surface area (Å²) in [7, 11) is 1.24. The van der Waals surface area contributed by atoms with Crippen molar-refractivity contribution in [2.24, 2.45) is 0 Å². The first-order valence-electron chi connectivity index (χ1n) is 7.60. The molecule has 1 N–H and O–H groups in total. The van der Waals surface area contributed by atoms with Crippen molar-refractivity contribution in [1.82, 2.24) is 0 Å². The minimum absolute atomic E-state index is 0.0549. The van der Waals surface area contributed by atoms with Crippen LogP contribution in [0.3, 0.4) is 0 Å². The Balaban J connectivity index is 1.99. The number of halogens is 3. The SMILES string of the molecule is COC(=O)c1cccc(NC(=O)CCc2ccccc2OC(F)(F)F)c1. The Bertz CT molecular complexity index is 790. The normalized spacial score (nSPS) is 10.9. The van der Waals surface area contributed by atoms with Crippen molar-refractivity contribution < 1.29 is 32.2 Å². The van der Waals surface area contributed by atoms with E-state index in [-0.39, 0.29) is 29.7 Å². The third kappa shape index (κ3) is 5.80. The van der Waals surface area contributed by atoms with Gasteiger partial charge in [0, 0.05) is 12.1 Å². The summed E-state index contributed by atoms with van der Waals surface area (Å²) < 4.78 is 45.8. The van der Waals surface area contributed by atoms with Crippen LogP contribution < -0.4 is 10.1 Å². The van der Waals surface area contributed by atoms with Crippen molar-refractivity contribution in [3.8, 4) is 5.75 Å². The van der Waals surface area contributed by atoms with Crippen LogP contribution in [0.4, 0.5) is 18.9 Å². The first kappa shape index (κ1) is 19.3. The van der Waals surface area contributed by atoms with E-state index in [1.54, 1.807) is 18.2 Å². The summed E-state index contributed by atoms with van der Waals surface area (Å²) in [4.78, 5) is 23.5. The fraction of sp³-hybridized carbons (Fsp3) is 0.222. The molecular weight excluding hydrogens is 351 g/mol. The summed E-state index contributed by atoms with van der Waals surface area (Å²) in [6.07, 6.45) is -4.79. The summed E-state index contributed by atoms with van der Waals surface area (Å²) in [5, 5.41) is 2.59. The van der Waals surface area contributed by atoms with E-state index in [2.05, 4.69) is 14.8 Å². The van der Waals surface area contributed by atoms with Crippen LogP contribution in [0, 0.1) is 0 Å². The van der Waals surface area contributed by atoms with Crippen LogP contribution in [0.2, 0.25) is 0 Å². The van der Waals surface area contributed by atoms with Crippen molar-refractivity contribution in [3.63, 3.8) is 0 Å². The molecule has 0 spiro atoms. The number of rotatable bonds is 6. The summed E-state index contributed by atoms with van der Waals surface area (Å²) >= 11 is 0. The number of nitrogens with one attached hydrogen (secondary N) is 1. The van der Waals surface area contributed by atoms with Crippen LogP contribution in [0.1, 0.15) is 22.3 Å². The monoisotopic (exact) mass is 367 g/mol. The Hall–Kier alpha value is -3.03. The lowest BCUT2D eigenvalue weighted by atomic mass is 10.1. The van der Waals surface area contributed by atoms with Gasteiger partial charge >= 0.3 is 12.3 Å². The standard InChI is InChI=1S/C18H16F3NO4/c1-25-17(24)13-6-4-7-14(11-13)22-16(23)10-9-12-5-2-3-8-15(12)26-18(19,20)21/h2-8,11H,9-10H2,1H3,(H,22,23). The number of ether oxygens (including phenoxy) is 2. The van der Waals surface area contributed by atoms with Crippen molar-refractivity contribution in [2.75, 3.05) is 12.4 Å². The lowest BCUT2D eigenvalue weighted by molar-refractivity contribution is -0.274. The van der Waals surface area contributed by atoms with E-state index in [0.29, 0.717) is 5.69 Å². The quantitative estimate of drug-likeness (QED) is 0.786. The van der Waals surface area contributed by atoms with Crippen molar-refractivity contribution in [1.29, 1.82) is 0 Å². The van der Waals surface area contributed by atoms with E-state index in [1.807, 2.05) is 0 Å². The fourth-order valence-electron chi connectivity index (χ4n) is 2.25. The summed E-state index contributed by atoms with van der Waals surface area (Å²) in [6.45, 7) is 0. The van der Waals surface area contributed by atoms with Gasteiger partial charge in [-0.1, -0.05) is 24.3 Å². The molecule has 0 saturated carbocycles. The molecule has 1 amide bonds. The number of alkyl halides is 3. The van der Waals surface area contributed by atoms with Gasteiger partial charge in [0.25, 0.3) is 0 Å². The van der Waals surface area contributed by atoms with Gasteiger partial charge in [-0.15, -0.1) is 13.2 Å². The molecule has 0 bridgehead atoms. The topological polar surface area (TPSA) is 64.6 Å². The zero-order valence-corrected chi connectivity index (χ0v) is 13.8. The second-order valence-corrected chi connectivity index (χ2v) is 5.28. The average molecular weight is 367 g/mol. The molecule has 0 unspecified atom stereocenters. The average Bonchev–Trinajstić information content (AvgIpc) is 2.59. The van der Waals surface area contributed by atoms with Crippen molar-refractivity contribution in [2.45, 2.75) is 19.2 Å². The highest BCUT2D eigenvalue weighted by Gasteiger charge is 2.31. The van der Waals surface area contributed by atoms with Gasteiger partial charge in [0.05, 0.1) is 12.7 Å². The minimum Gasteiger partial charge on any atom is -0.465 e. The number of benzene rings is 2. The second-order valence-electron chi connectivity index (χ2n) is 5.28. The predicted molar refractivity (Wildman–Crippen MR) is 87.9 cm³/mol. The molecule has 0 aliphatic heterocycles. The van der Waals surface area contributed by atoms with Gasteiger partial charge in [0.15, 0.2) is 0 Å². The molecule has 0 aliphatic carbocycles. The van der Waals surface area contributed by atoms with E-state index in [1.165, 1.54) is 37.4 Å². The molecule has 2 rings (SSSR count). The fourth-order valence-corrected chi connectivity index (χ4v) is 2.25. The van der Waals surface area contributed by atoms with Crippen molar-refractivity contribution in [3.05, 3.63) is 59.7 Å². The van der Waals surface area contributed by atoms with Gasteiger partial charge in [0.2, 0.25) is 5.91 Å². The number of aryl methyl sites for hydroxylation is 1. The van der Waals surface area contributed by atoms with Crippen LogP contribution in [0.15, 0.2) is 48.5 Å². The first-order chi connectivity index (χ1) is 12.3. The van der Waals surface area contributed by atoms with E-state index in [9.17, 15) is 22.8 Å². The van der Waals surface area contributed by atoms with E-state index >= 15 is 0 Å². The third-order valence-electron chi connectivity index (χ3n) is 3.39. The molecular formula is C18H16F3NO4. The molecule has 0 aromatic heterocycles. The van der Waals surface area contributed by atoms with Gasteiger partial charge < -0.3 is 14.8 Å². The molecule has 5 nitrogen and oxygen atoms in total. The summed E-state index contributed by atoms with van der Waals surface area (Å²) in [6, 6.07) is 11.8. The lowest BCUT2D eigenvalue weighted by Crippen LogP contribution is -2.18. The Morgan fingerprint density at radius 3 is 2.50 bits per heavy atom. The maximum atomic E-state index is 12.4. The number of hydrogen-bond acceptors (Lipinski definition) is 4. The van der Waals surface area contributed by atoms with E-state index < -0.39 is 18.2 Å². The lowest BCUT2D eigenvalue weighted by Gasteiger charge is -2.13. The molecule has 2 aromatic carbocycles. The van der Waals surface area contributed by atoms with Crippen LogP contribution in [0.25, 0.3) is 0 Å².